The molecule has 2 N–H and O–H groups in total. The number of pyridine rings is 1. The summed E-state index contributed by atoms with van der Waals surface area (Å²) in [5, 5.41) is 5.94. The molecule has 2 aliphatic heterocycles. The highest BCUT2D eigenvalue weighted by Gasteiger charge is 2.46. The van der Waals surface area contributed by atoms with E-state index in [1.165, 1.54) is 5.69 Å². The van der Waals surface area contributed by atoms with E-state index in [4.69, 9.17) is 10.8 Å². The number of hydrogen-bond donors (Lipinski definition) is 1. The van der Waals surface area contributed by atoms with Crippen LogP contribution in [0.25, 0.3) is 22.2 Å². The van der Waals surface area contributed by atoms with Gasteiger partial charge in [-0.15, -0.1) is 0 Å². The van der Waals surface area contributed by atoms with Gasteiger partial charge in [-0.05, 0) is 31.0 Å². The van der Waals surface area contributed by atoms with Gasteiger partial charge in [0.25, 0.3) is 0 Å². The minimum absolute atomic E-state index is 0.0281. The number of fused-ring (bicyclic) bond motifs is 3. The van der Waals surface area contributed by atoms with Gasteiger partial charge in [0.05, 0.1) is 17.8 Å². The Morgan fingerprint density at radius 1 is 1.19 bits per heavy atom. The Morgan fingerprint density at radius 2 is 2.04 bits per heavy atom. The molecule has 2 aromatic heterocycles. The average Bonchev–Trinajstić information content (AvgIpc) is 3.38. The van der Waals surface area contributed by atoms with Crippen LogP contribution in [0.5, 0.6) is 0 Å². The molecule has 0 radical (unpaired) electrons. The Morgan fingerprint density at radius 3 is 2.92 bits per heavy atom. The first kappa shape index (κ1) is 15.5. The number of likely N-dealkylation sites (tertiary alicyclic amines) is 1. The summed E-state index contributed by atoms with van der Waals surface area (Å²) in [5.41, 5.74) is 9.80. The van der Waals surface area contributed by atoms with Gasteiger partial charge < -0.3 is 10.6 Å². The number of nitrogens with zero attached hydrogens (tertiary/aromatic N) is 4. The van der Waals surface area contributed by atoms with Crippen LogP contribution in [0, 0.1) is 0 Å². The second kappa shape index (κ2) is 5.64. The number of carbonyl (C=O) groups is 1. The summed E-state index contributed by atoms with van der Waals surface area (Å²) in [5.74, 6) is 0.0405. The maximum Gasteiger partial charge on any atom is 0.236 e. The third-order valence-electron chi connectivity index (χ3n) is 5.89. The monoisotopic (exact) mass is 347 g/mol. The molecule has 4 heterocycles. The van der Waals surface area contributed by atoms with Gasteiger partial charge in [-0.1, -0.05) is 18.2 Å². The molecule has 0 bridgehead atoms. The summed E-state index contributed by atoms with van der Waals surface area (Å²) >= 11 is 0. The van der Waals surface area contributed by atoms with Crippen LogP contribution < -0.4 is 5.73 Å². The molecule has 1 unspecified atom stereocenters. The number of rotatable bonds is 2. The topological polar surface area (TPSA) is 77.0 Å². The third kappa shape index (κ3) is 2.25. The Balaban J connectivity index is 1.50. The molecule has 0 saturated carbocycles. The van der Waals surface area contributed by atoms with Gasteiger partial charge in [0.1, 0.15) is 0 Å². The highest BCUT2D eigenvalue weighted by Crippen LogP contribution is 2.43. The zero-order valence-electron chi connectivity index (χ0n) is 14.6. The minimum atomic E-state index is 0.0281. The Kier molecular flexibility index (Phi) is 3.37. The molecule has 132 valence electrons. The maximum atomic E-state index is 12.0. The van der Waals surface area contributed by atoms with Crippen molar-refractivity contribution in [2.45, 2.75) is 24.8 Å². The van der Waals surface area contributed by atoms with E-state index in [0.717, 1.165) is 54.6 Å². The number of carbonyl (C=O) groups excluding carboxylic acids is 1. The van der Waals surface area contributed by atoms with E-state index >= 15 is 0 Å². The van der Waals surface area contributed by atoms with Crippen LogP contribution in [0.3, 0.4) is 0 Å². The van der Waals surface area contributed by atoms with Crippen molar-refractivity contribution in [2.24, 2.45) is 5.73 Å². The largest absolute Gasteiger partial charge is 0.341 e. The molecule has 1 spiro atoms. The van der Waals surface area contributed by atoms with Crippen molar-refractivity contribution < 1.29 is 4.79 Å². The van der Waals surface area contributed by atoms with Crippen molar-refractivity contribution in [3.63, 3.8) is 0 Å². The predicted octanol–water partition coefficient (Wildman–Crippen LogP) is 1.93. The van der Waals surface area contributed by atoms with Crippen LogP contribution in [0.4, 0.5) is 0 Å². The van der Waals surface area contributed by atoms with Crippen LogP contribution in [-0.4, -0.2) is 45.2 Å². The second-order valence-corrected chi connectivity index (χ2v) is 7.35. The van der Waals surface area contributed by atoms with Gasteiger partial charge in [-0.25, -0.2) is 0 Å². The minimum Gasteiger partial charge on any atom is -0.341 e. The molecular weight excluding hydrogens is 326 g/mol. The van der Waals surface area contributed by atoms with E-state index < -0.39 is 0 Å². The lowest BCUT2D eigenvalue weighted by atomic mass is 9.82. The molecule has 1 fully saturated rings. The van der Waals surface area contributed by atoms with Gasteiger partial charge >= 0.3 is 0 Å². The third-order valence-corrected chi connectivity index (χ3v) is 5.89. The fraction of sp³-hybridized carbons (Fsp3) is 0.350. The first-order chi connectivity index (χ1) is 12.7. The van der Waals surface area contributed by atoms with Crippen LogP contribution in [0.15, 0.2) is 42.6 Å². The van der Waals surface area contributed by atoms with Crippen LogP contribution in [0.1, 0.15) is 18.5 Å². The van der Waals surface area contributed by atoms with E-state index in [9.17, 15) is 4.79 Å². The molecule has 1 aromatic carbocycles. The molecule has 26 heavy (non-hydrogen) atoms. The van der Waals surface area contributed by atoms with Gasteiger partial charge in [-0.2, -0.15) is 5.10 Å². The van der Waals surface area contributed by atoms with Crippen molar-refractivity contribution in [3.8, 4) is 11.3 Å². The predicted molar refractivity (Wildman–Crippen MR) is 99.5 cm³/mol. The highest BCUT2D eigenvalue weighted by atomic mass is 16.2. The quantitative estimate of drug-likeness (QED) is 0.768. The first-order valence-electron chi connectivity index (χ1n) is 9.10. The molecule has 3 aromatic rings. The van der Waals surface area contributed by atoms with Crippen molar-refractivity contribution in [2.75, 3.05) is 19.6 Å². The number of hydrogen-bond acceptors (Lipinski definition) is 4. The van der Waals surface area contributed by atoms with Crippen molar-refractivity contribution in [1.82, 2.24) is 19.7 Å². The SMILES string of the molecule is NCC(=O)N1CCC2(CCn3nc(-c4cnc5ccccc5c4)cc32)C1. The number of para-hydroxylation sites is 1. The van der Waals surface area contributed by atoms with Gasteiger partial charge in [0, 0.05) is 47.9 Å². The molecule has 2 aliphatic rings. The number of aromatic nitrogens is 3. The van der Waals surface area contributed by atoms with E-state index in [2.05, 4.69) is 27.9 Å². The number of benzene rings is 1. The van der Waals surface area contributed by atoms with E-state index in [1.54, 1.807) is 0 Å². The molecule has 6 heteroatoms. The standard InChI is InChI=1S/C20H21N5O/c21-11-19(26)24-7-5-20(13-24)6-8-25-18(20)10-17(23-25)15-9-14-3-1-2-4-16(14)22-12-15/h1-4,9-10,12H,5-8,11,13,21H2. The summed E-state index contributed by atoms with van der Waals surface area (Å²) in [6.45, 7) is 2.53. The number of amides is 1. The van der Waals surface area contributed by atoms with Crippen molar-refractivity contribution in [1.29, 1.82) is 0 Å². The number of aryl methyl sites for hydroxylation is 1. The fourth-order valence-electron chi connectivity index (χ4n) is 4.44. The summed E-state index contributed by atoms with van der Waals surface area (Å²) in [6.07, 6.45) is 3.92. The maximum absolute atomic E-state index is 12.0. The van der Waals surface area contributed by atoms with Gasteiger partial charge in [0.2, 0.25) is 5.91 Å². The molecular formula is C20H21N5O. The molecule has 0 aliphatic carbocycles. The second-order valence-electron chi connectivity index (χ2n) is 7.35. The van der Waals surface area contributed by atoms with E-state index in [1.807, 2.05) is 29.3 Å². The van der Waals surface area contributed by atoms with Crippen LogP contribution in [0.2, 0.25) is 0 Å². The molecule has 1 amide bonds. The summed E-state index contributed by atoms with van der Waals surface area (Å²) in [6, 6.07) is 12.4. The Bertz CT molecular complexity index is 1010. The Labute approximate surface area is 151 Å². The molecule has 5 rings (SSSR count). The summed E-state index contributed by atoms with van der Waals surface area (Å²) < 4.78 is 2.11. The van der Waals surface area contributed by atoms with Crippen molar-refractivity contribution >= 4 is 16.8 Å². The molecule has 1 atom stereocenters. The lowest BCUT2D eigenvalue weighted by Crippen LogP contribution is -2.37. The summed E-state index contributed by atoms with van der Waals surface area (Å²) in [7, 11) is 0. The van der Waals surface area contributed by atoms with Crippen LogP contribution in [-0.2, 0) is 16.8 Å². The number of nitrogens with two attached hydrogens (primary N) is 1. The lowest BCUT2D eigenvalue weighted by molar-refractivity contribution is -0.128. The zero-order valence-corrected chi connectivity index (χ0v) is 14.6. The fourth-order valence-corrected chi connectivity index (χ4v) is 4.44. The molecule has 1 saturated heterocycles. The Hall–Kier alpha value is -2.73. The van der Waals surface area contributed by atoms with Crippen molar-refractivity contribution in [3.05, 3.63) is 48.3 Å². The van der Waals surface area contributed by atoms with Gasteiger partial charge in [-0.3, -0.25) is 14.5 Å². The first-order valence-corrected chi connectivity index (χ1v) is 9.10. The zero-order chi connectivity index (χ0) is 17.7. The van der Waals surface area contributed by atoms with E-state index in [-0.39, 0.29) is 17.9 Å². The summed E-state index contributed by atoms with van der Waals surface area (Å²) in [4.78, 5) is 18.4. The van der Waals surface area contributed by atoms with E-state index in [0.29, 0.717) is 0 Å². The molecule has 6 nitrogen and oxygen atoms in total. The normalized spacial score (nSPS) is 21.7. The average molecular weight is 347 g/mol. The van der Waals surface area contributed by atoms with Crippen LogP contribution >= 0.6 is 0 Å². The van der Waals surface area contributed by atoms with Gasteiger partial charge in [0.15, 0.2) is 0 Å². The lowest BCUT2D eigenvalue weighted by Gasteiger charge is -2.23. The smallest absolute Gasteiger partial charge is 0.236 e. The highest BCUT2D eigenvalue weighted by molar-refractivity contribution is 5.83.